The van der Waals surface area contributed by atoms with Crippen molar-refractivity contribution in [3.05, 3.63) is 42.7 Å². The number of carbonyl (C=O) groups excluding carboxylic acids is 1. The van der Waals surface area contributed by atoms with E-state index in [1.807, 2.05) is 30.3 Å². The van der Waals surface area contributed by atoms with E-state index >= 15 is 0 Å². The molecule has 0 radical (unpaired) electrons. The fourth-order valence-corrected chi connectivity index (χ4v) is 3.13. The molecule has 4 nitrogen and oxygen atoms in total. The second-order valence-corrected chi connectivity index (χ2v) is 7.66. The number of hydrogen-bond acceptors (Lipinski definition) is 4. The van der Waals surface area contributed by atoms with Gasteiger partial charge in [-0.1, -0.05) is 71.1 Å². The number of pyridine rings is 1. The van der Waals surface area contributed by atoms with Gasteiger partial charge in [0, 0.05) is 23.7 Å². The molecule has 0 fully saturated rings. The SMILES string of the molecule is CCCCCCCOc1cnccc1-c1ccccc1OC(=O)CCC(C)CC. The van der Waals surface area contributed by atoms with Crippen LogP contribution in [0.2, 0.25) is 0 Å². The third-order valence-corrected chi connectivity index (χ3v) is 5.23. The van der Waals surface area contributed by atoms with Gasteiger partial charge >= 0.3 is 5.97 Å². The fourth-order valence-electron chi connectivity index (χ4n) is 3.13. The van der Waals surface area contributed by atoms with Gasteiger partial charge in [0.15, 0.2) is 0 Å². The number of carbonyl (C=O) groups is 1. The molecule has 1 aromatic heterocycles. The zero-order chi connectivity index (χ0) is 20.9. The molecule has 2 rings (SSSR count). The maximum atomic E-state index is 12.3. The normalized spacial score (nSPS) is 11.8. The molecule has 0 aliphatic carbocycles. The number of rotatable bonds is 13. The molecule has 1 unspecified atom stereocenters. The summed E-state index contributed by atoms with van der Waals surface area (Å²) in [6.07, 6.45) is 11.8. The average Bonchev–Trinajstić information content (AvgIpc) is 2.75. The van der Waals surface area contributed by atoms with Crippen LogP contribution in [-0.4, -0.2) is 17.6 Å². The highest BCUT2D eigenvalue weighted by atomic mass is 16.5. The summed E-state index contributed by atoms with van der Waals surface area (Å²) in [7, 11) is 0. The van der Waals surface area contributed by atoms with Crippen molar-refractivity contribution in [3.63, 3.8) is 0 Å². The third kappa shape index (κ3) is 7.88. The topological polar surface area (TPSA) is 48.4 Å². The molecule has 0 aliphatic heterocycles. The van der Waals surface area contributed by atoms with E-state index in [9.17, 15) is 4.79 Å². The van der Waals surface area contributed by atoms with Crippen molar-refractivity contribution in [3.8, 4) is 22.6 Å². The summed E-state index contributed by atoms with van der Waals surface area (Å²) < 4.78 is 11.7. The van der Waals surface area contributed by atoms with E-state index in [1.54, 1.807) is 12.4 Å². The second-order valence-electron chi connectivity index (χ2n) is 7.66. The van der Waals surface area contributed by atoms with Crippen LogP contribution in [0.25, 0.3) is 11.1 Å². The highest BCUT2D eigenvalue weighted by molar-refractivity contribution is 5.80. The molecule has 4 heteroatoms. The third-order valence-electron chi connectivity index (χ3n) is 5.23. The molecule has 0 spiro atoms. The Labute approximate surface area is 175 Å². The molecule has 0 saturated heterocycles. The van der Waals surface area contributed by atoms with Crippen molar-refractivity contribution in [2.75, 3.05) is 6.61 Å². The Morgan fingerprint density at radius 1 is 1.00 bits per heavy atom. The number of nitrogens with zero attached hydrogens (tertiary/aromatic N) is 1. The molecule has 2 aromatic rings. The molecule has 29 heavy (non-hydrogen) atoms. The highest BCUT2D eigenvalue weighted by Crippen LogP contribution is 2.36. The minimum atomic E-state index is -0.190. The Kier molecular flexibility index (Phi) is 10.3. The van der Waals surface area contributed by atoms with Crippen LogP contribution in [0.1, 0.15) is 72.1 Å². The largest absolute Gasteiger partial charge is 0.491 e. The molecule has 0 bridgehead atoms. The first-order chi connectivity index (χ1) is 14.2. The van der Waals surface area contributed by atoms with Crippen LogP contribution in [0.3, 0.4) is 0 Å². The molecule has 158 valence electrons. The molecule has 0 N–H and O–H groups in total. The van der Waals surface area contributed by atoms with Crippen LogP contribution in [0.15, 0.2) is 42.7 Å². The first-order valence-corrected chi connectivity index (χ1v) is 11.0. The number of aromatic nitrogens is 1. The van der Waals surface area contributed by atoms with E-state index in [2.05, 4.69) is 25.8 Å². The minimum Gasteiger partial charge on any atom is -0.491 e. The molecule has 1 heterocycles. The number of esters is 1. The van der Waals surface area contributed by atoms with Crippen molar-refractivity contribution in [1.29, 1.82) is 0 Å². The predicted molar refractivity (Wildman–Crippen MR) is 118 cm³/mol. The summed E-state index contributed by atoms with van der Waals surface area (Å²) in [5.74, 6) is 1.63. The number of benzene rings is 1. The molecular weight excluding hydrogens is 362 g/mol. The first kappa shape index (κ1) is 22.9. The fraction of sp³-hybridized carbons (Fsp3) is 0.520. The van der Waals surface area contributed by atoms with Gasteiger partial charge in [0.05, 0.1) is 12.8 Å². The van der Waals surface area contributed by atoms with Gasteiger partial charge in [0.2, 0.25) is 0 Å². The van der Waals surface area contributed by atoms with E-state index in [-0.39, 0.29) is 5.97 Å². The van der Waals surface area contributed by atoms with Crippen LogP contribution in [0.5, 0.6) is 11.5 Å². The number of unbranched alkanes of at least 4 members (excludes halogenated alkanes) is 4. The lowest BCUT2D eigenvalue weighted by atomic mass is 10.0. The maximum Gasteiger partial charge on any atom is 0.311 e. The van der Waals surface area contributed by atoms with Crippen LogP contribution in [0, 0.1) is 5.92 Å². The monoisotopic (exact) mass is 397 g/mol. The van der Waals surface area contributed by atoms with E-state index in [0.717, 1.165) is 36.1 Å². The lowest BCUT2D eigenvalue weighted by Gasteiger charge is -2.15. The number of para-hydroxylation sites is 1. The maximum absolute atomic E-state index is 12.3. The summed E-state index contributed by atoms with van der Waals surface area (Å²) in [6.45, 7) is 7.18. The van der Waals surface area contributed by atoms with Gasteiger partial charge in [-0.2, -0.15) is 0 Å². The zero-order valence-electron chi connectivity index (χ0n) is 18.2. The summed E-state index contributed by atoms with van der Waals surface area (Å²) in [5.41, 5.74) is 1.76. The lowest BCUT2D eigenvalue weighted by Crippen LogP contribution is -2.10. The van der Waals surface area contributed by atoms with Crippen molar-refractivity contribution in [1.82, 2.24) is 4.98 Å². The molecule has 0 amide bonds. The molecule has 1 atom stereocenters. The highest BCUT2D eigenvalue weighted by Gasteiger charge is 2.15. The van der Waals surface area contributed by atoms with E-state index in [4.69, 9.17) is 9.47 Å². The Morgan fingerprint density at radius 3 is 2.55 bits per heavy atom. The first-order valence-electron chi connectivity index (χ1n) is 11.0. The van der Waals surface area contributed by atoms with Crippen LogP contribution < -0.4 is 9.47 Å². The van der Waals surface area contributed by atoms with Crippen LogP contribution in [0.4, 0.5) is 0 Å². The van der Waals surface area contributed by atoms with Gasteiger partial charge in [0.25, 0.3) is 0 Å². The molecule has 1 aromatic carbocycles. The number of hydrogen-bond donors (Lipinski definition) is 0. The van der Waals surface area contributed by atoms with Gasteiger partial charge in [0.1, 0.15) is 11.5 Å². The van der Waals surface area contributed by atoms with Crippen molar-refractivity contribution in [2.24, 2.45) is 5.92 Å². The Balaban J connectivity index is 2.05. The van der Waals surface area contributed by atoms with Gasteiger partial charge in [-0.15, -0.1) is 0 Å². The molecular formula is C25H35NO3. The quantitative estimate of drug-likeness (QED) is 0.211. The van der Waals surface area contributed by atoms with Crippen LogP contribution in [-0.2, 0) is 4.79 Å². The van der Waals surface area contributed by atoms with Crippen molar-refractivity contribution < 1.29 is 14.3 Å². The zero-order valence-corrected chi connectivity index (χ0v) is 18.2. The van der Waals surface area contributed by atoms with Gasteiger partial charge < -0.3 is 9.47 Å². The van der Waals surface area contributed by atoms with Crippen molar-refractivity contribution in [2.45, 2.75) is 72.1 Å². The average molecular weight is 398 g/mol. The van der Waals surface area contributed by atoms with Gasteiger partial charge in [-0.3, -0.25) is 9.78 Å². The smallest absolute Gasteiger partial charge is 0.311 e. The standard InChI is InChI=1S/C25H35NO3/c1-4-6-7-8-11-18-28-24-19-26-17-16-22(24)21-12-9-10-13-23(21)29-25(27)15-14-20(3)5-2/h9-10,12-13,16-17,19-20H,4-8,11,14-15,18H2,1-3H3. The summed E-state index contributed by atoms with van der Waals surface area (Å²) in [4.78, 5) is 16.5. The van der Waals surface area contributed by atoms with Crippen LogP contribution >= 0.6 is 0 Å². The second kappa shape index (κ2) is 13.0. The Bertz CT molecular complexity index is 744. The van der Waals surface area contributed by atoms with Gasteiger partial charge in [-0.05, 0) is 30.9 Å². The lowest BCUT2D eigenvalue weighted by molar-refractivity contribution is -0.134. The van der Waals surface area contributed by atoms with E-state index < -0.39 is 0 Å². The summed E-state index contributed by atoms with van der Waals surface area (Å²) in [5, 5.41) is 0. The number of ether oxygens (including phenoxy) is 2. The summed E-state index contributed by atoms with van der Waals surface area (Å²) in [6, 6.07) is 9.54. The van der Waals surface area contributed by atoms with Crippen molar-refractivity contribution >= 4 is 5.97 Å². The molecule has 0 saturated carbocycles. The molecule has 0 aliphatic rings. The Morgan fingerprint density at radius 2 is 1.76 bits per heavy atom. The van der Waals surface area contributed by atoms with Gasteiger partial charge in [-0.25, -0.2) is 0 Å². The summed E-state index contributed by atoms with van der Waals surface area (Å²) >= 11 is 0. The predicted octanol–water partition coefficient (Wildman–Crippen LogP) is 6.83. The minimum absolute atomic E-state index is 0.190. The Hall–Kier alpha value is -2.36. The van der Waals surface area contributed by atoms with E-state index in [0.29, 0.717) is 24.7 Å². The van der Waals surface area contributed by atoms with E-state index in [1.165, 1.54) is 25.7 Å².